The van der Waals surface area contributed by atoms with E-state index < -0.39 is 0 Å². The number of nitrogens with zero attached hydrogens (tertiary/aromatic N) is 1. The Morgan fingerprint density at radius 1 is 1.18 bits per heavy atom. The zero-order chi connectivity index (χ0) is 12.3. The SMILES string of the molecule is NC(=S)NNC(=O)c1ccc2ccccc2n1. The Morgan fingerprint density at radius 2 is 1.94 bits per heavy atom. The van der Waals surface area contributed by atoms with Gasteiger partial charge in [-0.2, -0.15) is 0 Å². The molecule has 0 aliphatic rings. The fraction of sp³-hybridized carbons (Fsp3) is 0. The van der Waals surface area contributed by atoms with Gasteiger partial charge in [0.2, 0.25) is 0 Å². The van der Waals surface area contributed by atoms with E-state index in [0.29, 0.717) is 5.69 Å². The standard InChI is InChI=1S/C11H10N4OS/c12-11(17)15-14-10(16)9-6-5-7-3-1-2-4-8(7)13-9/h1-6H,(H,14,16)(H3,12,15,17). The van der Waals surface area contributed by atoms with Gasteiger partial charge in [-0.05, 0) is 24.4 Å². The molecule has 0 saturated carbocycles. The number of fused-ring (bicyclic) bond motifs is 1. The molecule has 0 unspecified atom stereocenters. The highest BCUT2D eigenvalue weighted by Gasteiger charge is 2.07. The molecule has 0 aliphatic carbocycles. The van der Waals surface area contributed by atoms with Crippen molar-refractivity contribution in [3.05, 3.63) is 42.1 Å². The first-order valence-electron chi connectivity index (χ1n) is 4.88. The lowest BCUT2D eigenvalue weighted by Gasteiger charge is -2.06. The summed E-state index contributed by atoms with van der Waals surface area (Å²) < 4.78 is 0. The van der Waals surface area contributed by atoms with Gasteiger partial charge in [0, 0.05) is 5.39 Å². The minimum atomic E-state index is -0.386. The molecular weight excluding hydrogens is 236 g/mol. The van der Waals surface area contributed by atoms with Crippen LogP contribution in [-0.4, -0.2) is 16.0 Å². The fourth-order valence-electron chi connectivity index (χ4n) is 1.37. The van der Waals surface area contributed by atoms with Crippen LogP contribution in [0.25, 0.3) is 10.9 Å². The number of benzene rings is 1. The van der Waals surface area contributed by atoms with E-state index in [0.717, 1.165) is 10.9 Å². The van der Waals surface area contributed by atoms with Gasteiger partial charge in [0.05, 0.1) is 5.52 Å². The number of carbonyl (C=O) groups is 1. The van der Waals surface area contributed by atoms with Gasteiger partial charge in [-0.3, -0.25) is 15.6 Å². The Hall–Kier alpha value is -2.21. The molecule has 0 radical (unpaired) electrons. The van der Waals surface area contributed by atoms with Crippen molar-refractivity contribution in [2.45, 2.75) is 0 Å². The predicted molar refractivity (Wildman–Crippen MR) is 69.1 cm³/mol. The van der Waals surface area contributed by atoms with Crippen LogP contribution in [0.1, 0.15) is 10.5 Å². The molecule has 17 heavy (non-hydrogen) atoms. The average Bonchev–Trinajstić information content (AvgIpc) is 2.35. The summed E-state index contributed by atoms with van der Waals surface area (Å²) in [6.07, 6.45) is 0. The molecule has 1 amide bonds. The number of hydrazine groups is 1. The number of carbonyl (C=O) groups excluding carboxylic acids is 1. The highest BCUT2D eigenvalue weighted by Crippen LogP contribution is 2.11. The molecule has 0 fully saturated rings. The van der Waals surface area contributed by atoms with E-state index in [1.54, 1.807) is 6.07 Å². The number of pyridine rings is 1. The summed E-state index contributed by atoms with van der Waals surface area (Å²) in [5.41, 5.74) is 11.0. The maximum Gasteiger partial charge on any atom is 0.288 e. The lowest BCUT2D eigenvalue weighted by atomic mass is 10.2. The maximum absolute atomic E-state index is 11.6. The molecule has 0 saturated heterocycles. The zero-order valence-corrected chi connectivity index (χ0v) is 9.62. The third-order valence-corrected chi connectivity index (χ3v) is 2.23. The topological polar surface area (TPSA) is 80.0 Å². The van der Waals surface area contributed by atoms with Gasteiger partial charge >= 0.3 is 0 Å². The molecule has 0 spiro atoms. The zero-order valence-electron chi connectivity index (χ0n) is 8.81. The van der Waals surface area contributed by atoms with Gasteiger partial charge < -0.3 is 5.73 Å². The fourth-order valence-corrected chi connectivity index (χ4v) is 1.43. The molecule has 5 nitrogen and oxygen atoms in total. The second-order valence-electron chi connectivity index (χ2n) is 3.33. The Bertz CT molecular complexity index is 584. The van der Waals surface area contributed by atoms with Crippen molar-refractivity contribution in [2.75, 3.05) is 0 Å². The van der Waals surface area contributed by atoms with Crippen molar-refractivity contribution in [3.8, 4) is 0 Å². The van der Waals surface area contributed by atoms with Gasteiger partial charge in [-0.15, -0.1) is 0 Å². The van der Waals surface area contributed by atoms with Gasteiger partial charge in [-0.1, -0.05) is 24.3 Å². The Morgan fingerprint density at radius 3 is 2.71 bits per heavy atom. The normalized spacial score (nSPS) is 9.88. The second-order valence-corrected chi connectivity index (χ2v) is 3.77. The summed E-state index contributed by atoms with van der Waals surface area (Å²) in [7, 11) is 0. The second kappa shape index (κ2) is 4.75. The smallest absolute Gasteiger partial charge is 0.288 e. The van der Waals surface area contributed by atoms with E-state index in [9.17, 15) is 4.79 Å². The van der Waals surface area contributed by atoms with Crippen LogP contribution in [0, 0.1) is 0 Å². The molecule has 0 aliphatic heterocycles. The molecule has 0 atom stereocenters. The summed E-state index contributed by atoms with van der Waals surface area (Å²) in [5, 5.41) is 0.977. The van der Waals surface area contributed by atoms with Crippen molar-refractivity contribution < 1.29 is 4.79 Å². The van der Waals surface area contributed by atoms with Crippen LogP contribution in [0.15, 0.2) is 36.4 Å². The van der Waals surface area contributed by atoms with Crippen LogP contribution in [0.5, 0.6) is 0 Å². The summed E-state index contributed by atoms with van der Waals surface area (Å²) >= 11 is 4.57. The predicted octanol–water partition coefficient (Wildman–Crippen LogP) is 0.713. The van der Waals surface area contributed by atoms with Crippen molar-refractivity contribution in [1.29, 1.82) is 0 Å². The van der Waals surface area contributed by atoms with Gasteiger partial charge in [0.1, 0.15) is 5.69 Å². The summed E-state index contributed by atoms with van der Waals surface area (Å²) in [5.74, 6) is -0.386. The first-order chi connectivity index (χ1) is 8.16. The highest BCUT2D eigenvalue weighted by molar-refractivity contribution is 7.80. The molecule has 6 heteroatoms. The first-order valence-corrected chi connectivity index (χ1v) is 5.29. The maximum atomic E-state index is 11.6. The number of aromatic nitrogens is 1. The van der Waals surface area contributed by atoms with Crippen molar-refractivity contribution in [3.63, 3.8) is 0 Å². The van der Waals surface area contributed by atoms with Crippen LogP contribution >= 0.6 is 12.2 Å². The van der Waals surface area contributed by atoms with E-state index in [4.69, 9.17) is 5.73 Å². The molecule has 0 bridgehead atoms. The Labute approximate surface area is 103 Å². The van der Waals surface area contributed by atoms with Crippen molar-refractivity contribution in [1.82, 2.24) is 15.8 Å². The largest absolute Gasteiger partial charge is 0.375 e. The lowest BCUT2D eigenvalue weighted by Crippen LogP contribution is -2.44. The molecule has 86 valence electrons. The van der Waals surface area contributed by atoms with Crippen molar-refractivity contribution >= 4 is 34.1 Å². The van der Waals surface area contributed by atoms with Crippen molar-refractivity contribution in [2.24, 2.45) is 5.73 Å². The van der Waals surface area contributed by atoms with Crippen LogP contribution in [-0.2, 0) is 0 Å². The quantitative estimate of drug-likeness (QED) is 0.510. The van der Waals surface area contributed by atoms with E-state index >= 15 is 0 Å². The third kappa shape index (κ3) is 2.67. The summed E-state index contributed by atoms with van der Waals surface area (Å²) in [6, 6.07) is 11.0. The highest BCUT2D eigenvalue weighted by atomic mass is 32.1. The Kier molecular flexibility index (Phi) is 3.15. The minimum absolute atomic E-state index is 0.000797. The number of nitrogens with two attached hydrogens (primary N) is 1. The minimum Gasteiger partial charge on any atom is -0.375 e. The average molecular weight is 246 g/mol. The lowest BCUT2D eigenvalue weighted by molar-refractivity contribution is 0.0939. The van der Waals surface area contributed by atoms with E-state index in [1.807, 2.05) is 30.3 Å². The van der Waals surface area contributed by atoms with Gasteiger partial charge in [-0.25, -0.2) is 4.98 Å². The van der Waals surface area contributed by atoms with E-state index in [1.165, 1.54) is 0 Å². The molecular formula is C11H10N4OS. The van der Waals surface area contributed by atoms with Crippen LogP contribution in [0.4, 0.5) is 0 Å². The summed E-state index contributed by atoms with van der Waals surface area (Å²) in [6.45, 7) is 0. The molecule has 4 N–H and O–H groups in total. The molecule has 1 heterocycles. The number of thiocarbonyl (C=S) groups is 1. The third-order valence-electron chi connectivity index (χ3n) is 2.13. The number of hydrogen-bond acceptors (Lipinski definition) is 3. The van der Waals surface area contributed by atoms with Gasteiger partial charge in [0.25, 0.3) is 5.91 Å². The van der Waals surface area contributed by atoms with Crippen LogP contribution in [0.2, 0.25) is 0 Å². The molecule has 1 aromatic carbocycles. The number of rotatable bonds is 1. The molecule has 2 aromatic rings. The van der Waals surface area contributed by atoms with Crippen LogP contribution in [0.3, 0.4) is 0 Å². The first kappa shape index (κ1) is 11.3. The van der Waals surface area contributed by atoms with E-state index in [-0.39, 0.29) is 11.0 Å². The van der Waals surface area contributed by atoms with Gasteiger partial charge in [0.15, 0.2) is 5.11 Å². The monoisotopic (exact) mass is 246 g/mol. The number of para-hydroxylation sites is 1. The number of hydrogen-bond donors (Lipinski definition) is 3. The van der Waals surface area contributed by atoms with Crippen LogP contribution < -0.4 is 16.6 Å². The Balaban J connectivity index is 2.24. The number of nitrogens with one attached hydrogen (secondary N) is 2. The molecule has 2 rings (SSSR count). The van der Waals surface area contributed by atoms with E-state index in [2.05, 4.69) is 28.1 Å². The summed E-state index contributed by atoms with van der Waals surface area (Å²) in [4.78, 5) is 15.9. The molecule has 1 aromatic heterocycles. The number of amides is 1.